The zero-order valence-electron chi connectivity index (χ0n) is 21.7. The van der Waals surface area contributed by atoms with Gasteiger partial charge in [0.05, 0.1) is 16.9 Å². The van der Waals surface area contributed by atoms with E-state index in [1.807, 2.05) is 115 Å². The smallest absolute Gasteiger partial charge is 0.164 e. The average molecular weight is 547 g/mol. The van der Waals surface area contributed by atoms with Crippen molar-refractivity contribution in [1.29, 1.82) is 5.41 Å². The molecule has 0 fully saturated rings. The fourth-order valence-corrected chi connectivity index (χ4v) is 5.27. The molecular weight excluding hydrogens is 524 g/mol. The van der Waals surface area contributed by atoms with E-state index in [2.05, 4.69) is 17.2 Å². The fraction of sp³-hybridized carbons (Fsp3) is 0. The molecule has 7 rings (SSSR count). The molecule has 0 atom stereocenters. The molecule has 1 aliphatic carbocycles. The summed E-state index contributed by atoms with van der Waals surface area (Å²) >= 11 is 4.19. The Labute approximate surface area is 242 Å². The number of nitrogens with zero attached hydrogens (tertiary/aromatic N) is 5. The third-order valence-corrected chi connectivity index (χ3v) is 7.25. The van der Waals surface area contributed by atoms with Crippen LogP contribution in [0.15, 0.2) is 120 Å². The van der Waals surface area contributed by atoms with E-state index in [4.69, 9.17) is 25.3 Å². The van der Waals surface area contributed by atoms with Gasteiger partial charge in [-0.1, -0.05) is 103 Å². The molecule has 2 heterocycles. The van der Waals surface area contributed by atoms with Gasteiger partial charge in [-0.25, -0.2) is 24.3 Å². The molecule has 0 radical (unpaired) electrons. The molecule has 41 heavy (non-hydrogen) atoms. The summed E-state index contributed by atoms with van der Waals surface area (Å²) in [7, 11) is 0. The monoisotopic (exact) mass is 546 g/mol. The number of allylic oxidation sites excluding steroid dienone is 1. The van der Waals surface area contributed by atoms with Crippen molar-refractivity contribution in [2.45, 2.75) is 0 Å². The second-order valence-corrected chi connectivity index (χ2v) is 9.78. The molecule has 194 valence electrons. The van der Waals surface area contributed by atoms with Crippen LogP contribution >= 0.6 is 12.8 Å². The van der Waals surface area contributed by atoms with Gasteiger partial charge in [0.15, 0.2) is 17.5 Å². The number of hydrogen-bond donors (Lipinski definition) is 2. The van der Waals surface area contributed by atoms with Crippen LogP contribution in [-0.4, -0.2) is 31.4 Å². The molecule has 6 nitrogen and oxygen atoms in total. The highest BCUT2D eigenvalue weighted by Crippen LogP contribution is 2.35. The predicted molar refractivity (Wildman–Crippen MR) is 169 cm³/mol. The number of fused-ring (bicyclic) bond motifs is 3. The molecule has 7 heteroatoms. The highest BCUT2D eigenvalue weighted by atomic mass is 32.1. The topological polar surface area (TPSA) is 87.8 Å². The highest BCUT2D eigenvalue weighted by Gasteiger charge is 2.23. The maximum atomic E-state index is 8.40. The standard InChI is InChI=1S/C34H22N6S/c35-27-20-19-26-29(31(27)40-41)25-13-7-8-14-28(25)36-30(26)21-15-17-24(18-16-21)34-38-32(22-9-3-1-4-10-22)37-33(39-34)23-11-5-2-6-12-23/h1-20,35,41H. The van der Waals surface area contributed by atoms with E-state index >= 15 is 0 Å². The maximum Gasteiger partial charge on any atom is 0.164 e. The molecule has 0 aliphatic heterocycles. The number of thiol groups is 1. The van der Waals surface area contributed by atoms with Crippen molar-refractivity contribution >= 4 is 41.2 Å². The third-order valence-electron chi connectivity index (χ3n) is 7.05. The molecule has 6 aromatic rings. The number of benzene rings is 4. The molecule has 0 saturated heterocycles. The van der Waals surface area contributed by atoms with Crippen molar-refractivity contribution in [3.8, 4) is 45.4 Å². The Kier molecular flexibility index (Phi) is 6.26. The van der Waals surface area contributed by atoms with Crippen LogP contribution < -0.4 is 0 Å². The van der Waals surface area contributed by atoms with Gasteiger partial charge in [0.25, 0.3) is 0 Å². The largest absolute Gasteiger partial charge is 0.299 e. The van der Waals surface area contributed by atoms with Gasteiger partial charge in [0, 0.05) is 38.8 Å². The van der Waals surface area contributed by atoms with Crippen LogP contribution in [0.3, 0.4) is 0 Å². The molecule has 1 N–H and O–H groups in total. The van der Waals surface area contributed by atoms with Gasteiger partial charge in [0.1, 0.15) is 5.71 Å². The molecular formula is C34H22N6S. The second-order valence-electron chi connectivity index (χ2n) is 9.58. The van der Waals surface area contributed by atoms with Gasteiger partial charge in [-0.05, 0) is 31.0 Å². The van der Waals surface area contributed by atoms with Crippen LogP contribution in [0.25, 0.3) is 62.4 Å². The summed E-state index contributed by atoms with van der Waals surface area (Å²) < 4.78 is 4.16. The van der Waals surface area contributed by atoms with E-state index in [0.717, 1.165) is 50.0 Å². The van der Waals surface area contributed by atoms with E-state index in [1.165, 1.54) is 0 Å². The lowest BCUT2D eigenvalue weighted by Gasteiger charge is -2.19. The van der Waals surface area contributed by atoms with Gasteiger partial charge in [-0.2, -0.15) is 0 Å². The second kappa shape index (κ2) is 10.4. The summed E-state index contributed by atoms with van der Waals surface area (Å²) in [5, 5.41) is 9.34. The minimum Gasteiger partial charge on any atom is -0.299 e. The van der Waals surface area contributed by atoms with Crippen LogP contribution in [0, 0.1) is 5.41 Å². The molecule has 0 amide bonds. The predicted octanol–water partition coefficient (Wildman–Crippen LogP) is 7.77. The molecule has 0 spiro atoms. The Morgan fingerprint density at radius 1 is 0.537 bits per heavy atom. The van der Waals surface area contributed by atoms with Crippen LogP contribution in [0.1, 0.15) is 11.1 Å². The first-order valence-electron chi connectivity index (χ1n) is 13.1. The first-order valence-corrected chi connectivity index (χ1v) is 13.5. The summed E-state index contributed by atoms with van der Waals surface area (Å²) in [6, 6.07) is 35.9. The molecule has 2 aromatic heterocycles. The van der Waals surface area contributed by atoms with Crippen LogP contribution in [-0.2, 0) is 0 Å². The van der Waals surface area contributed by atoms with Crippen molar-refractivity contribution < 1.29 is 0 Å². The van der Waals surface area contributed by atoms with E-state index in [-0.39, 0.29) is 0 Å². The van der Waals surface area contributed by atoms with E-state index in [9.17, 15) is 0 Å². The van der Waals surface area contributed by atoms with Gasteiger partial charge in [-0.15, -0.1) is 0 Å². The number of rotatable bonds is 4. The lowest BCUT2D eigenvalue weighted by Crippen LogP contribution is -2.18. The molecule has 4 aromatic carbocycles. The van der Waals surface area contributed by atoms with Crippen molar-refractivity contribution in [2.75, 3.05) is 0 Å². The van der Waals surface area contributed by atoms with Gasteiger partial charge in [0.2, 0.25) is 0 Å². The minimum absolute atomic E-state index is 0.323. The number of para-hydroxylation sites is 1. The maximum absolute atomic E-state index is 8.40. The summed E-state index contributed by atoms with van der Waals surface area (Å²) in [5.74, 6) is 1.83. The van der Waals surface area contributed by atoms with Gasteiger partial charge < -0.3 is 0 Å². The van der Waals surface area contributed by atoms with Crippen molar-refractivity contribution in [3.63, 3.8) is 0 Å². The Morgan fingerprint density at radius 2 is 1.05 bits per heavy atom. The molecule has 0 bridgehead atoms. The number of aromatic nitrogens is 4. The SMILES string of the molecule is N=C1C=Cc2c(-c3ccc(-c4nc(-c5ccccc5)nc(-c5ccccc5)n4)cc3)nc3ccccc3c2C1=NS. The van der Waals surface area contributed by atoms with Crippen molar-refractivity contribution in [2.24, 2.45) is 4.40 Å². The number of nitrogens with one attached hydrogen (secondary N) is 1. The average Bonchev–Trinajstić information content (AvgIpc) is 3.05. The first-order chi connectivity index (χ1) is 20.2. The molecule has 0 unspecified atom stereocenters. The number of hydrogen-bond acceptors (Lipinski definition) is 7. The summed E-state index contributed by atoms with van der Waals surface area (Å²) in [6.07, 6.45) is 3.68. The fourth-order valence-electron chi connectivity index (χ4n) is 5.06. The normalized spacial score (nSPS) is 13.5. The zero-order chi connectivity index (χ0) is 27.8. The van der Waals surface area contributed by atoms with E-state index in [1.54, 1.807) is 6.08 Å². The Morgan fingerprint density at radius 3 is 1.63 bits per heavy atom. The van der Waals surface area contributed by atoms with Crippen LogP contribution in [0.2, 0.25) is 0 Å². The van der Waals surface area contributed by atoms with Crippen molar-refractivity contribution in [3.05, 3.63) is 126 Å². The Bertz CT molecular complexity index is 1940. The molecule has 0 saturated carbocycles. The van der Waals surface area contributed by atoms with E-state index < -0.39 is 0 Å². The van der Waals surface area contributed by atoms with Crippen LogP contribution in [0.4, 0.5) is 0 Å². The highest BCUT2D eigenvalue weighted by molar-refractivity contribution is 7.79. The first kappa shape index (κ1) is 24.7. The van der Waals surface area contributed by atoms with Gasteiger partial charge in [-0.3, -0.25) is 5.41 Å². The Balaban J connectivity index is 1.36. The zero-order valence-corrected chi connectivity index (χ0v) is 22.6. The summed E-state index contributed by atoms with van der Waals surface area (Å²) in [6.45, 7) is 0. The Hall–Kier alpha value is -5.27. The lowest BCUT2D eigenvalue weighted by molar-refractivity contribution is 1.07. The minimum atomic E-state index is 0.323. The summed E-state index contributed by atoms with van der Waals surface area (Å²) in [5.41, 5.74) is 7.95. The molecule has 1 aliphatic rings. The van der Waals surface area contributed by atoms with Crippen LogP contribution in [0.5, 0.6) is 0 Å². The van der Waals surface area contributed by atoms with E-state index in [0.29, 0.717) is 28.9 Å². The van der Waals surface area contributed by atoms with Crippen molar-refractivity contribution in [1.82, 2.24) is 19.9 Å². The summed E-state index contributed by atoms with van der Waals surface area (Å²) in [4.78, 5) is 19.5. The third kappa shape index (κ3) is 4.52. The van der Waals surface area contributed by atoms with Gasteiger partial charge >= 0.3 is 0 Å². The quantitative estimate of drug-likeness (QED) is 0.221. The number of pyridine rings is 1. The lowest BCUT2D eigenvalue weighted by atomic mass is 9.88.